The molecule has 6 saturated heterocycles. The lowest BCUT2D eigenvalue weighted by Gasteiger charge is -2.45. The fourth-order valence-corrected chi connectivity index (χ4v) is 16.2. The molecule has 4 aromatic carbocycles. The summed E-state index contributed by atoms with van der Waals surface area (Å²) >= 11 is 0. The summed E-state index contributed by atoms with van der Waals surface area (Å²) in [5, 5.41) is 37.2. The van der Waals surface area contributed by atoms with Gasteiger partial charge in [0, 0.05) is 173 Å². The Morgan fingerprint density at radius 1 is 0.500 bits per heavy atom. The van der Waals surface area contributed by atoms with Crippen LogP contribution in [0.4, 0.5) is 66.9 Å². The number of carboxylic acids is 2. The zero-order valence-corrected chi connectivity index (χ0v) is 66.4. The average molecular weight is 1660 g/mol. The van der Waals surface area contributed by atoms with Gasteiger partial charge in [0.25, 0.3) is 11.8 Å². The molecule has 118 heavy (non-hydrogen) atoms. The molecular formula is C82H98F10N16O10. The van der Waals surface area contributed by atoms with Crippen molar-refractivity contribution >= 4 is 69.9 Å². The van der Waals surface area contributed by atoms with Gasteiger partial charge in [0.1, 0.15) is 11.9 Å². The smallest absolute Gasteiger partial charge is 0.430 e. The second-order valence-electron chi connectivity index (χ2n) is 31.4. The summed E-state index contributed by atoms with van der Waals surface area (Å²) in [5.74, 6) is -6.78. The number of nitrogens with zero attached hydrogens (tertiary/aromatic N) is 10. The van der Waals surface area contributed by atoms with Crippen LogP contribution in [0.1, 0.15) is 97.1 Å². The van der Waals surface area contributed by atoms with E-state index in [9.17, 15) is 63.1 Å². The van der Waals surface area contributed by atoms with Crippen molar-refractivity contribution in [3.05, 3.63) is 143 Å². The number of quaternary nitrogens is 2. The first-order chi connectivity index (χ1) is 56.2. The normalized spacial score (nSPS) is 20.0. The van der Waals surface area contributed by atoms with E-state index in [0.717, 1.165) is 173 Å². The number of aliphatic carboxylic acids is 2. The molecule has 0 atom stereocenters. The van der Waals surface area contributed by atoms with Gasteiger partial charge in [-0.25, -0.2) is 28.7 Å². The third-order valence-electron chi connectivity index (χ3n) is 23.2. The number of rotatable bonds is 22. The number of carbonyl (C=O) groups excluding carboxylic acids is 6. The van der Waals surface area contributed by atoms with Gasteiger partial charge in [-0.2, -0.15) is 35.1 Å². The number of carboxylic acid groups (broad SMARTS) is 2. The lowest BCUT2D eigenvalue weighted by Crippen LogP contribution is -2.59. The predicted molar refractivity (Wildman–Crippen MR) is 413 cm³/mol. The molecule has 6 fully saturated rings. The van der Waals surface area contributed by atoms with Crippen molar-refractivity contribution in [1.82, 2.24) is 59.8 Å². The predicted octanol–water partition coefficient (Wildman–Crippen LogP) is 8.66. The maximum Gasteiger partial charge on any atom is 0.430 e. The molecule has 636 valence electrons. The van der Waals surface area contributed by atoms with Crippen LogP contribution in [-0.2, 0) is 32.0 Å². The zero-order valence-electron chi connectivity index (χ0n) is 66.4. The first kappa shape index (κ1) is 88.1. The third kappa shape index (κ3) is 21.4. The first-order valence-corrected chi connectivity index (χ1v) is 39.5. The minimum atomic E-state index is -5.19. The third-order valence-corrected chi connectivity index (χ3v) is 23.2. The molecule has 10 heterocycles. The number of aromatic nitrogens is 6. The van der Waals surface area contributed by atoms with Gasteiger partial charge in [-0.05, 0) is 122 Å². The van der Waals surface area contributed by atoms with Crippen molar-refractivity contribution in [1.29, 1.82) is 0 Å². The minimum absolute atomic E-state index is 0.0459. The second kappa shape index (κ2) is 38.3. The Kier molecular flexibility index (Phi) is 28.6. The molecule has 0 aliphatic carbocycles. The quantitative estimate of drug-likeness (QED) is 0.0273. The summed E-state index contributed by atoms with van der Waals surface area (Å²) in [4.78, 5) is 93.0. The van der Waals surface area contributed by atoms with Gasteiger partial charge in [-0.3, -0.25) is 28.0 Å². The van der Waals surface area contributed by atoms with Crippen molar-refractivity contribution in [2.45, 2.75) is 90.4 Å². The molecular weight excluding hydrogens is 1560 g/mol. The number of benzene rings is 4. The fourth-order valence-electron chi connectivity index (χ4n) is 16.2. The van der Waals surface area contributed by atoms with E-state index in [1.807, 2.05) is 38.1 Å². The standard InChI is InChI=1S/2C39H48F2N8O3.2C2HF3O2/c2*1-4-27-19-29(46-36-37-44-23-32(48(37)16-13-43-36)31-7-8-33(52-3)35(41)34(31)40)5-6-30(27)38(50)45-22-25-9-14-47(15-10-25)39(51)28-11-17-49(2,18-12-28)24-26-20-42-21-26;2*3-2(4,5)1(6)7/h2*5-8,13,16,19,23,25-26,28,42H,4,9-12,14-15,17-18,20-22,24H2,1-3H3,(H-,43,45,46,50);2*(H,6,7). The van der Waals surface area contributed by atoms with Crippen LogP contribution in [0.15, 0.2) is 97.8 Å². The Hall–Kier alpha value is -10.7. The second-order valence-corrected chi connectivity index (χ2v) is 31.4. The van der Waals surface area contributed by atoms with E-state index in [0.29, 0.717) is 95.0 Å². The molecule has 0 unspecified atom stereocenters. The highest BCUT2D eigenvalue weighted by molar-refractivity contribution is 5.97. The first-order valence-electron chi connectivity index (χ1n) is 39.5. The summed E-state index contributed by atoms with van der Waals surface area (Å²) < 4.78 is 137. The Morgan fingerprint density at radius 2 is 0.847 bits per heavy atom. The van der Waals surface area contributed by atoms with Crippen molar-refractivity contribution in [2.75, 3.05) is 144 Å². The van der Waals surface area contributed by atoms with Gasteiger partial charge >= 0.3 is 12.4 Å². The highest BCUT2D eigenvalue weighted by Gasteiger charge is 2.41. The molecule has 4 amide bonds. The van der Waals surface area contributed by atoms with Crippen molar-refractivity contribution in [3.63, 3.8) is 0 Å². The largest absolute Gasteiger partial charge is 0.542 e. The van der Waals surface area contributed by atoms with Crippen LogP contribution in [0, 0.1) is 58.8 Å². The number of nitrogens with one attached hydrogen (secondary N) is 6. The maximum absolute atomic E-state index is 14.9. The Morgan fingerprint density at radius 3 is 1.15 bits per heavy atom. The molecule has 6 aliphatic rings. The SMILES string of the molecule is CCc1cc(Nc2nccn3c(-c4ccc(OC)c(F)c4F)cnc23)ccc1C(=O)NCC1CCN(C(=O)C2CC[N+](C)(CC3CNC3)CC2)CC1.CCc1cc(Nc2nccn3c(-c4ccc(OC)c(F)c4F)cnc23)ccc1C(=O)NCC1CCN(C(=O)C2CC[N+](C)(CC3CNC3)CC2)CC1.O=C([O-])C(F)(F)F.O=C([O-])C(F)(F)F. The van der Waals surface area contributed by atoms with Crippen molar-refractivity contribution in [3.8, 4) is 34.0 Å². The molecule has 4 aromatic heterocycles. The van der Waals surface area contributed by atoms with Crippen LogP contribution in [0.3, 0.4) is 0 Å². The number of halogens is 10. The van der Waals surface area contributed by atoms with Gasteiger partial charge in [0.15, 0.2) is 46.1 Å². The minimum Gasteiger partial charge on any atom is -0.542 e. The van der Waals surface area contributed by atoms with E-state index in [4.69, 9.17) is 29.3 Å². The molecule has 0 saturated carbocycles. The number of hydrogen-bond acceptors (Lipinski definition) is 18. The number of piperidine rings is 4. The number of anilines is 4. The molecule has 14 rings (SSSR count). The molecule has 0 spiro atoms. The summed E-state index contributed by atoms with van der Waals surface area (Å²) in [7, 11) is 7.27. The molecule has 36 heteroatoms. The lowest BCUT2D eigenvalue weighted by molar-refractivity contribution is -0.918. The molecule has 8 aromatic rings. The van der Waals surface area contributed by atoms with E-state index in [1.54, 1.807) is 45.7 Å². The van der Waals surface area contributed by atoms with Gasteiger partial charge in [0.05, 0.1) is 91.4 Å². The number of fused-ring (bicyclic) bond motifs is 2. The Bertz CT molecular complexity index is 4590. The molecule has 26 nitrogen and oxygen atoms in total. The lowest BCUT2D eigenvalue weighted by atomic mass is 9.90. The fraction of sp³-hybridized carbons (Fsp3) is 0.488. The zero-order chi connectivity index (χ0) is 85.0. The number of hydrogen-bond donors (Lipinski definition) is 6. The van der Waals surface area contributed by atoms with Crippen LogP contribution in [0.2, 0.25) is 0 Å². The van der Waals surface area contributed by atoms with Crippen molar-refractivity contribution in [2.24, 2.45) is 35.5 Å². The van der Waals surface area contributed by atoms with Crippen LogP contribution in [0.5, 0.6) is 11.5 Å². The van der Waals surface area contributed by atoms with Crippen molar-refractivity contribution < 1.29 is 101 Å². The van der Waals surface area contributed by atoms with Gasteiger partial charge in [-0.1, -0.05) is 13.8 Å². The van der Waals surface area contributed by atoms with Crippen LogP contribution in [-0.4, -0.2) is 228 Å². The number of imidazole rings is 2. The highest BCUT2D eigenvalue weighted by atomic mass is 19.4. The summed E-state index contributed by atoms with van der Waals surface area (Å²) in [6.07, 6.45) is 7.68. The van der Waals surface area contributed by atoms with Gasteiger partial charge < -0.3 is 79.9 Å². The van der Waals surface area contributed by atoms with Crippen LogP contribution < -0.4 is 51.6 Å². The van der Waals surface area contributed by atoms with Gasteiger partial charge in [-0.15, -0.1) is 0 Å². The van der Waals surface area contributed by atoms with E-state index in [1.165, 1.54) is 64.0 Å². The number of methoxy groups -OCH3 is 2. The topological polar surface area (TPSA) is 306 Å². The van der Waals surface area contributed by atoms with E-state index in [-0.39, 0.29) is 46.3 Å². The number of amides is 4. The molecule has 0 bridgehead atoms. The Balaban J connectivity index is 0.000000199. The average Bonchev–Trinajstić information content (AvgIpc) is 1.62. The van der Waals surface area contributed by atoms with Gasteiger partial charge in [0.2, 0.25) is 23.4 Å². The number of carbonyl (C=O) groups is 6. The highest BCUT2D eigenvalue weighted by Crippen LogP contribution is 2.37. The monoisotopic (exact) mass is 1660 g/mol. The number of alkyl halides is 6. The molecule has 6 N–H and O–H groups in total. The van der Waals surface area contributed by atoms with Crippen LogP contribution >= 0.6 is 0 Å². The summed E-state index contributed by atoms with van der Waals surface area (Å²) in [6, 6.07) is 16.8. The maximum atomic E-state index is 14.9. The molecule has 6 aliphatic heterocycles. The van der Waals surface area contributed by atoms with E-state index >= 15 is 0 Å². The number of ether oxygens (including phenoxy) is 2. The Labute approximate surface area is 675 Å². The summed E-state index contributed by atoms with van der Waals surface area (Å²) in [5.41, 5.74) is 6.09. The van der Waals surface area contributed by atoms with E-state index < -0.39 is 47.6 Å². The van der Waals surface area contributed by atoms with Crippen LogP contribution in [0.25, 0.3) is 33.8 Å². The summed E-state index contributed by atoms with van der Waals surface area (Å²) in [6.45, 7) is 19.4. The number of aryl methyl sites for hydroxylation is 2. The van der Waals surface area contributed by atoms with E-state index in [2.05, 4.69) is 75.7 Å². The number of likely N-dealkylation sites (tertiary alicyclic amines) is 4. The molecule has 0 radical (unpaired) electrons.